The van der Waals surface area contributed by atoms with Crippen LogP contribution in [0.15, 0.2) is 102 Å². The van der Waals surface area contributed by atoms with Crippen LogP contribution in [-0.4, -0.2) is 37.7 Å². The van der Waals surface area contributed by atoms with Gasteiger partial charge in [0.2, 0.25) is 5.91 Å². The Balaban J connectivity index is 1.46. The van der Waals surface area contributed by atoms with Crippen molar-refractivity contribution in [1.82, 2.24) is 5.32 Å². The summed E-state index contributed by atoms with van der Waals surface area (Å²) < 4.78 is 10.8. The monoisotopic (exact) mass is 595 g/mol. The zero-order valence-electron chi connectivity index (χ0n) is 24.4. The maximum Gasteiger partial charge on any atom is 0.272 e. The highest BCUT2D eigenvalue weighted by molar-refractivity contribution is 8.00. The van der Waals surface area contributed by atoms with Crippen LogP contribution in [0, 0.1) is 13.8 Å². The molecule has 0 atom stereocenters. The molecule has 4 aromatic rings. The summed E-state index contributed by atoms with van der Waals surface area (Å²) in [5, 5.41) is 8.50. The summed E-state index contributed by atoms with van der Waals surface area (Å²) in [6.45, 7) is 3.98. The Kier molecular flexibility index (Phi) is 10.6. The number of nitrogens with one attached hydrogen (secondary N) is 3. The number of hydrogen-bond donors (Lipinski definition) is 3. The maximum atomic E-state index is 13.4. The average molecular weight is 596 g/mol. The van der Waals surface area contributed by atoms with Gasteiger partial charge in [0, 0.05) is 27.4 Å². The molecule has 9 heteroatoms. The number of thioether (sulfide) groups is 1. The largest absolute Gasteiger partial charge is 0.497 e. The molecule has 0 unspecified atom stereocenters. The highest BCUT2D eigenvalue weighted by Gasteiger charge is 2.17. The smallest absolute Gasteiger partial charge is 0.272 e. The standard InChI is InChI=1S/C34H33N3O5S/c1-22-16-23(2)18-27(17-22)35-32(38)21-43-29-13-10-26(11-14-29)36-34(40)30(37-33(39)24-8-6-5-7-9-24)20-25-19-28(41-3)12-15-31(25)42-4/h5-20H,21H2,1-4H3,(H,35,38)(H,36,40)(H,37,39)/b30-20-. The number of rotatable bonds is 11. The number of hydrogen-bond acceptors (Lipinski definition) is 6. The van der Waals surface area contributed by atoms with Crippen LogP contribution in [0.2, 0.25) is 0 Å². The lowest BCUT2D eigenvalue weighted by Gasteiger charge is -2.13. The van der Waals surface area contributed by atoms with Gasteiger partial charge in [-0.05, 0) is 97.8 Å². The van der Waals surface area contributed by atoms with Crippen LogP contribution < -0.4 is 25.4 Å². The number of aryl methyl sites for hydroxylation is 2. The fraction of sp³-hybridized carbons (Fsp3) is 0.147. The van der Waals surface area contributed by atoms with Gasteiger partial charge in [-0.15, -0.1) is 11.8 Å². The van der Waals surface area contributed by atoms with Crippen molar-refractivity contribution in [2.45, 2.75) is 18.7 Å². The van der Waals surface area contributed by atoms with Crippen molar-refractivity contribution in [3.05, 3.63) is 119 Å². The first-order valence-corrected chi connectivity index (χ1v) is 14.4. The van der Waals surface area contributed by atoms with Crippen molar-refractivity contribution < 1.29 is 23.9 Å². The fourth-order valence-corrected chi connectivity index (χ4v) is 4.97. The summed E-state index contributed by atoms with van der Waals surface area (Å²) in [7, 11) is 3.06. The zero-order chi connectivity index (χ0) is 30.8. The van der Waals surface area contributed by atoms with E-state index in [4.69, 9.17) is 9.47 Å². The van der Waals surface area contributed by atoms with Gasteiger partial charge in [0.25, 0.3) is 11.8 Å². The van der Waals surface area contributed by atoms with Crippen molar-refractivity contribution in [2.75, 3.05) is 30.6 Å². The van der Waals surface area contributed by atoms with Crippen LogP contribution in [0.1, 0.15) is 27.0 Å². The molecule has 220 valence electrons. The van der Waals surface area contributed by atoms with Gasteiger partial charge in [-0.2, -0.15) is 0 Å². The third-order valence-corrected chi connectivity index (χ3v) is 7.27. The van der Waals surface area contributed by atoms with Crippen molar-refractivity contribution in [3.63, 3.8) is 0 Å². The Morgan fingerprint density at radius 1 is 0.767 bits per heavy atom. The van der Waals surface area contributed by atoms with Crippen molar-refractivity contribution in [1.29, 1.82) is 0 Å². The quantitative estimate of drug-likeness (QED) is 0.136. The topological polar surface area (TPSA) is 106 Å². The number of ether oxygens (including phenoxy) is 2. The zero-order valence-corrected chi connectivity index (χ0v) is 25.2. The average Bonchev–Trinajstić information content (AvgIpc) is 3.00. The Labute approximate surface area is 255 Å². The number of amides is 3. The van der Waals surface area contributed by atoms with Crippen molar-refractivity contribution in [2.24, 2.45) is 0 Å². The summed E-state index contributed by atoms with van der Waals surface area (Å²) in [5.74, 6) is 0.237. The molecule has 0 aliphatic carbocycles. The molecule has 8 nitrogen and oxygen atoms in total. The highest BCUT2D eigenvalue weighted by atomic mass is 32.2. The molecule has 0 heterocycles. The van der Waals surface area contributed by atoms with E-state index in [0.717, 1.165) is 21.7 Å². The summed E-state index contributed by atoms with van der Waals surface area (Å²) in [4.78, 5) is 39.8. The summed E-state index contributed by atoms with van der Waals surface area (Å²) in [6, 6.07) is 26.8. The fourth-order valence-electron chi connectivity index (χ4n) is 4.28. The highest BCUT2D eigenvalue weighted by Crippen LogP contribution is 2.27. The van der Waals surface area contributed by atoms with Crippen molar-refractivity contribution in [3.8, 4) is 11.5 Å². The van der Waals surface area contributed by atoms with E-state index in [1.807, 2.05) is 38.1 Å². The Morgan fingerprint density at radius 3 is 2.12 bits per heavy atom. The van der Waals surface area contributed by atoms with Crippen LogP contribution in [0.3, 0.4) is 0 Å². The van der Waals surface area contributed by atoms with E-state index in [-0.39, 0.29) is 17.4 Å². The van der Waals surface area contributed by atoms with Gasteiger partial charge < -0.3 is 25.4 Å². The van der Waals surface area contributed by atoms with Gasteiger partial charge in [0.1, 0.15) is 17.2 Å². The SMILES string of the molecule is COc1ccc(OC)c(/C=C(\NC(=O)c2ccccc2)C(=O)Nc2ccc(SCC(=O)Nc3cc(C)cc(C)c3)cc2)c1. The van der Waals surface area contributed by atoms with E-state index in [1.165, 1.54) is 24.9 Å². The molecule has 0 aliphatic rings. The molecule has 43 heavy (non-hydrogen) atoms. The van der Waals surface area contributed by atoms with Crippen LogP contribution in [-0.2, 0) is 9.59 Å². The van der Waals surface area contributed by atoms with E-state index in [9.17, 15) is 14.4 Å². The predicted octanol–water partition coefficient (Wildman–Crippen LogP) is 6.46. The van der Waals surface area contributed by atoms with Gasteiger partial charge in [0.05, 0.1) is 20.0 Å². The third kappa shape index (κ3) is 8.98. The molecule has 0 aliphatic heterocycles. The van der Waals surface area contributed by atoms with E-state index < -0.39 is 11.8 Å². The van der Waals surface area contributed by atoms with Gasteiger partial charge >= 0.3 is 0 Å². The minimum Gasteiger partial charge on any atom is -0.497 e. The summed E-state index contributed by atoms with van der Waals surface area (Å²) in [6.07, 6.45) is 1.54. The molecule has 0 spiro atoms. The Bertz CT molecular complexity index is 1620. The van der Waals surface area contributed by atoms with Gasteiger partial charge in [0.15, 0.2) is 0 Å². The molecule has 0 bridgehead atoms. The molecule has 4 rings (SSSR count). The molecule has 0 saturated heterocycles. The third-order valence-electron chi connectivity index (χ3n) is 6.25. The Morgan fingerprint density at radius 2 is 1.47 bits per heavy atom. The van der Waals surface area contributed by atoms with Crippen molar-refractivity contribution >= 4 is 46.9 Å². The summed E-state index contributed by atoms with van der Waals surface area (Å²) in [5.41, 5.74) is 4.43. The van der Waals surface area contributed by atoms with Crippen LogP contribution >= 0.6 is 11.8 Å². The minimum atomic E-state index is -0.526. The van der Waals surface area contributed by atoms with Crippen LogP contribution in [0.25, 0.3) is 6.08 Å². The predicted molar refractivity (Wildman–Crippen MR) is 172 cm³/mol. The molecule has 3 amide bonds. The van der Waals surface area contributed by atoms with E-state index in [0.29, 0.717) is 28.3 Å². The number of methoxy groups -OCH3 is 2. The lowest BCUT2D eigenvalue weighted by Crippen LogP contribution is -2.30. The molecule has 4 aromatic carbocycles. The van der Waals surface area contributed by atoms with E-state index in [1.54, 1.807) is 67.8 Å². The van der Waals surface area contributed by atoms with Crippen LogP contribution in [0.4, 0.5) is 11.4 Å². The normalized spacial score (nSPS) is 10.9. The second-order valence-electron chi connectivity index (χ2n) is 9.68. The second kappa shape index (κ2) is 14.7. The maximum absolute atomic E-state index is 13.4. The molecule has 0 radical (unpaired) electrons. The molecular formula is C34H33N3O5S. The van der Waals surface area contributed by atoms with Gasteiger partial charge in [-0.1, -0.05) is 24.3 Å². The number of carbonyl (C=O) groups is 3. The lowest BCUT2D eigenvalue weighted by atomic mass is 10.1. The molecule has 0 fully saturated rings. The first-order chi connectivity index (χ1) is 20.7. The van der Waals surface area contributed by atoms with Gasteiger partial charge in [-0.3, -0.25) is 14.4 Å². The first kappa shape index (κ1) is 30.9. The number of carbonyl (C=O) groups excluding carboxylic acids is 3. The van der Waals surface area contributed by atoms with Gasteiger partial charge in [-0.25, -0.2) is 0 Å². The second-order valence-corrected chi connectivity index (χ2v) is 10.7. The summed E-state index contributed by atoms with van der Waals surface area (Å²) >= 11 is 1.39. The van der Waals surface area contributed by atoms with Crippen LogP contribution in [0.5, 0.6) is 11.5 Å². The molecule has 0 aromatic heterocycles. The Hall–Kier alpha value is -5.02. The number of benzene rings is 4. The van der Waals surface area contributed by atoms with E-state index >= 15 is 0 Å². The lowest BCUT2D eigenvalue weighted by molar-refractivity contribution is -0.114. The molecule has 3 N–H and O–H groups in total. The minimum absolute atomic E-state index is 0.0157. The van der Waals surface area contributed by atoms with E-state index in [2.05, 4.69) is 22.0 Å². The first-order valence-electron chi connectivity index (χ1n) is 13.5. The molecular weight excluding hydrogens is 562 g/mol. The molecule has 0 saturated carbocycles. The number of anilines is 2.